The Morgan fingerprint density at radius 2 is 1.75 bits per heavy atom. The van der Waals surface area contributed by atoms with Gasteiger partial charge in [0.2, 0.25) is 5.95 Å². The van der Waals surface area contributed by atoms with Crippen LogP contribution in [-0.4, -0.2) is 15.9 Å². The number of benzene rings is 2. The van der Waals surface area contributed by atoms with E-state index in [0.29, 0.717) is 22.9 Å². The zero-order chi connectivity index (χ0) is 19.3. The molecule has 4 aromatic rings. The van der Waals surface area contributed by atoms with Gasteiger partial charge in [-0.2, -0.15) is 0 Å². The molecular formula is C21H19FN4O2. The van der Waals surface area contributed by atoms with Crippen molar-refractivity contribution < 1.29 is 16.5 Å². The Morgan fingerprint density at radius 3 is 2.50 bits per heavy atom. The van der Waals surface area contributed by atoms with Gasteiger partial charge in [0.25, 0.3) is 5.91 Å². The van der Waals surface area contributed by atoms with Crippen LogP contribution >= 0.6 is 0 Å². The van der Waals surface area contributed by atoms with E-state index in [1.165, 1.54) is 18.2 Å². The average molecular weight is 378 g/mol. The third kappa shape index (κ3) is 4.04. The van der Waals surface area contributed by atoms with Gasteiger partial charge in [-0.15, -0.1) is 0 Å². The molecule has 28 heavy (non-hydrogen) atoms. The van der Waals surface area contributed by atoms with Crippen LogP contribution in [0, 0.1) is 5.82 Å². The lowest BCUT2D eigenvalue weighted by Gasteiger charge is -2.08. The summed E-state index contributed by atoms with van der Waals surface area (Å²) in [6.07, 6.45) is 6.57. The largest absolute Gasteiger partial charge is 0.472 e. The topological polar surface area (TPSA) is 80.0 Å². The Labute approximate surface area is 163 Å². The molecule has 2 aromatic heterocycles. The minimum absolute atomic E-state index is 0. The van der Waals surface area contributed by atoms with E-state index in [9.17, 15) is 9.18 Å². The number of carbonyl (C=O) groups is 1. The molecule has 0 aliphatic rings. The lowest BCUT2D eigenvalue weighted by Crippen LogP contribution is -2.12. The number of hydrogen-bond donors (Lipinski definition) is 2. The molecule has 7 heteroatoms. The molecule has 0 bridgehead atoms. The van der Waals surface area contributed by atoms with E-state index in [1.807, 2.05) is 6.07 Å². The molecule has 0 aliphatic heterocycles. The molecule has 0 radical (unpaired) electrons. The van der Waals surface area contributed by atoms with E-state index < -0.39 is 5.82 Å². The van der Waals surface area contributed by atoms with Crippen LogP contribution < -0.4 is 10.6 Å². The van der Waals surface area contributed by atoms with Gasteiger partial charge in [-0.05, 0) is 42.5 Å². The molecule has 0 saturated heterocycles. The Morgan fingerprint density at radius 1 is 0.964 bits per heavy atom. The summed E-state index contributed by atoms with van der Waals surface area (Å²) in [5.74, 6) is -0.357. The molecule has 0 spiro atoms. The van der Waals surface area contributed by atoms with Crippen molar-refractivity contribution in [3.05, 3.63) is 90.9 Å². The molecule has 0 fully saturated rings. The molecular weight excluding hydrogens is 359 g/mol. The van der Waals surface area contributed by atoms with Crippen molar-refractivity contribution in [1.29, 1.82) is 0 Å². The number of aromatic nitrogens is 2. The summed E-state index contributed by atoms with van der Waals surface area (Å²) in [5, 5.41) is 5.73. The molecule has 0 saturated carbocycles. The van der Waals surface area contributed by atoms with E-state index in [4.69, 9.17) is 4.42 Å². The van der Waals surface area contributed by atoms with E-state index in [-0.39, 0.29) is 8.76 Å². The maximum absolute atomic E-state index is 13.3. The van der Waals surface area contributed by atoms with Crippen molar-refractivity contribution in [2.45, 2.75) is 0 Å². The Hall–Kier alpha value is -4.00. The number of rotatable bonds is 5. The van der Waals surface area contributed by atoms with Crippen LogP contribution in [-0.2, 0) is 0 Å². The highest BCUT2D eigenvalue weighted by molar-refractivity contribution is 6.04. The summed E-state index contributed by atoms with van der Waals surface area (Å²) < 4.78 is 18.3. The number of nitrogens with zero attached hydrogens (tertiary/aromatic N) is 2. The number of nitrogens with one attached hydrogen (secondary N) is 2. The summed E-state index contributed by atoms with van der Waals surface area (Å²) in [5.41, 5.74) is 3.19. The number of anilines is 3. The van der Waals surface area contributed by atoms with Gasteiger partial charge >= 0.3 is 0 Å². The third-order valence-electron chi connectivity index (χ3n) is 3.97. The summed E-state index contributed by atoms with van der Waals surface area (Å²) in [6, 6.07) is 14.4. The Balaban J connectivity index is 0.00000160. The predicted octanol–water partition coefficient (Wildman–Crippen LogP) is 5.36. The van der Waals surface area contributed by atoms with Crippen LogP contribution in [0.5, 0.6) is 0 Å². The second-order valence-electron chi connectivity index (χ2n) is 5.98. The van der Waals surface area contributed by atoms with Gasteiger partial charge < -0.3 is 15.1 Å². The van der Waals surface area contributed by atoms with E-state index >= 15 is 0 Å². The summed E-state index contributed by atoms with van der Waals surface area (Å²) in [4.78, 5) is 21.0. The number of amides is 1. The van der Waals surface area contributed by atoms with Crippen molar-refractivity contribution in [3.63, 3.8) is 0 Å². The van der Waals surface area contributed by atoms with Gasteiger partial charge in [-0.25, -0.2) is 14.4 Å². The molecule has 0 atom stereocenters. The lowest BCUT2D eigenvalue weighted by molar-refractivity contribution is 0.102. The fourth-order valence-electron chi connectivity index (χ4n) is 2.61. The van der Waals surface area contributed by atoms with Crippen molar-refractivity contribution in [2.75, 3.05) is 10.6 Å². The van der Waals surface area contributed by atoms with E-state index in [0.717, 1.165) is 11.1 Å². The first-order chi connectivity index (χ1) is 13.7. The minimum Gasteiger partial charge on any atom is -0.472 e. The molecule has 2 N–H and O–H groups in total. The van der Waals surface area contributed by atoms with Crippen molar-refractivity contribution >= 4 is 23.2 Å². The number of carbonyl (C=O) groups excluding carboxylic acids is 1. The first kappa shape index (κ1) is 17.4. The first-order valence-electron chi connectivity index (χ1n) is 8.46. The highest BCUT2D eigenvalue weighted by Crippen LogP contribution is 2.20. The number of hydrogen-bond acceptors (Lipinski definition) is 5. The van der Waals surface area contributed by atoms with Crippen LogP contribution in [0.3, 0.4) is 0 Å². The fraction of sp³-hybridized carbons (Fsp3) is 0. The molecule has 0 aliphatic carbocycles. The van der Waals surface area contributed by atoms with Crippen molar-refractivity contribution in [1.82, 2.24) is 9.97 Å². The quantitative estimate of drug-likeness (QED) is 0.488. The van der Waals surface area contributed by atoms with Gasteiger partial charge in [-0.3, -0.25) is 4.79 Å². The summed E-state index contributed by atoms with van der Waals surface area (Å²) >= 11 is 0. The number of halogens is 1. The van der Waals surface area contributed by atoms with Crippen molar-refractivity contribution in [3.8, 4) is 11.1 Å². The van der Waals surface area contributed by atoms with E-state index in [1.54, 1.807) is 55.3 Å². The maximum atomic E-state index is 13.3. The number of furan rings is 1. The molecule has 4 rings (SSSR count). The average Bonchev–Trinajstić information content (AvgIpc) is 3.24. The SMILES string of the molecule is O=C(Nc1cccc(F)c1)c1cccc(Nc2ncc(-c3ccoc3)cn2)c1.[HH].[HH]. The van der Waals surface area contributed by atoms with Crippen molar-refractivity contribution in [2.24, 2.45) is 0 Å². The Bertz CT molecular complexity index is 1110. The predicted molar refractivity (Wildman–Crippen MR) is 108 cm³/mol. The maximum Gasteiger partial charge on any atom is 0.255 e. The molecule has 0 unspecified atom stereocenters. The van der Waals surface area contributed by atoms with Gasteiger partial charge in [0, 0.05) is 43.3 Å². The summed E-state index contributed by atoms with van der Waals surface area (Å²) in [7, 11) is 0. The first-order valence-corrected chi connectivity index (χ1v) is 8.46. The molecule has 6 nitrogen and oxygen atoms in total. The van der Waals surface area contributed by atoms with Crippen LogP contribution in [0.1, 0.15) is 13.2 Å². The van der Waals surface area contributed by atoms with Gasteiger partial charge in [-0.1, -0.05) is 12.1 Å². The Kier molecular flexibility index (Phi) is 4.79. The second-order valence-corrected chi connectivity index (χ2v) is 5.98. The van der Waals surface area contributed by atoms with Crippen LogP contribution in [0.15, 0.2) is 83.9 Å². The molecule has 2 heterocycles. The zero-order valence-corrected chi connectivity index (χ0v) is 14.6. The fourth-order valence-corrected chi connectivity index (χ4v) is 2.61. The zero-order valence-electron chi connectivity index (χ0n) is 14.6. The molecule has 1 amide bonds. The van der Waals surface area contributed by atoms with Crippen LogP contribution in [0.25, 0.3) is 11.1 Å². The highest BCUT2D eigenvalue weighted by atomic mass is 19.1. The standard InChI is InChI=1S/C21H15FN4O2.2H2/c22-17-4-2-6-19(10-17)25-20(27)14-3-1-5-18(9-14)26-21-23-11-16(12-24-21)15-7-8-28-13-15;;/h1-13H,(H,25,27)(H,23,24,26);2*1H. The smallest absolute Gasteiger partial charge is 0.255 e. The van der Waals surface area contributed by atoms with Gasteiger partial charge in [0.1, 0.15) is 5.82 Å². The second kappa shape index (κ2) is 7.71. The summed E-state index contributed by atoms with van der Waals surface area (Å²) in [6.45, 7) is 0. The highest BCUT2D eigenvalue weighted by Gasteiger charge is 2.08. The monoisotopic (exact) mass is 378 g/mol. The normalized spacial score (nSPS) is 10.5. The minimum atomic E-state index is -0.413. The van der Waals surface area contributed by atoms with Gasteiger partial charge in [0.15, 0.2) is 0 Å². The van der Waals surface area contributed by atoms with E-state index in [2.05, 4.69) is 20.6 Å². The third-order valence-corrected chi connectivity index (χ3v) is 3.97. The van der Waals surface area contributed by atoms with Gasteiger partial charge in [0.05, 0.1) is 12.5 Å². The van der Waals surface area contributed by atoms with Crippen LogP contribution in [0.4, 0.5) is 21.7 Å². The molecule has 2 aromatic carbocycles. The van der Waals surface area contributed by atoms with Crippen LogP contribution in [0.2, 0.25) is 0 Å². The molecule has 142 valence electrons. The lowest BCUT2D eigenvalue weighted by atomic mass is 10.2.